The highest BCUT2D eigenvalue weighted by Gasteiger charge is 2.14. The van der Waals surface area contributed by atoms with Crippen molar-refractivity contribution in [2.24, 2.45) is 0 Å². The van der Waals surface area contributed by atoms with E-state index in [2.05, 4.69) is 15.9 Å². The molecule has 0 aliphatic heterocycles. The monoisotopic (exact) mass is 342 g/mol. The molecule has 0 fully saturated rings. The van der Waals surface area contributed by atoms with Crippen molar-refractivity contribution >= 4 is 21.7 Å². The smallest absolute Gasteiger partial charge is 0.141 e. The minimum Gasteiger partial charge on any atom is -0.299 e. The molecular weight excluding hydrogens is 333 g/mol. The van der Waals surface area contributed by atoms with Gasteiger partial charge in [0.15, 0.2) is 0 Å². The summed E-state index contributed by atoms with van der Waals surface area (Å²) in [5.41, 5.74) is 0.337. The molecule has 0 heterocycles. The van der Waals surface area contributed by atoms with Gasteiger partial charge in [-0.1, -0.05) is 28.1 Å². The highest BCUT2D eigenvalue weighted by molar-refractivity contribution is 9.10. The molecule has 0 atom stereocenters. The summed E-state index contributed by atoms with van der Waals surface area (Å²) in [5, 5.41) is 0. The lowest BCUT2D eigenvalue weighted by Gasteiger charge is -2.06. The summed E-state index contributed by atoms with van der Waals surface area (Å²) in [6.07, 6.45) is -0.350. The Labute approximate surface area is 122 Å². The molecule has 0 N–H and O–H groups in total. The van der Waals surface area contributed by atoms with Crippen LogP contribution in [0, 0.1) is 17.5 Å². The number of hydrogen-bond acceptors (Lipinski definition) is 1. The molecular formula is C15H10BrF3O. The first-order valence-electron chi connectivity index (χ1n) is 5.86. The average Bonchev–Trinajstić information content (AvgIpc) is 2.37. The summed E-state index contributed by atoms with van der Waals surface area (Å²) in [6.45, 7) is 0. The third-order valence-electron chi connectivity index (χ3n) is 2.84. The van der Waals surface area contributed by atoms with Crippen LogP contribution in [0.15, 0.2) is 40.9 Å². The van der Waals surface area contributed by atoms with Crippen molar-refractivity contribution in [3.8, 4) is 0 Å². The Balaban J connectivity index is 2.13. The molecule has 104 valence electrons. The van der Waals surface area contributed by atoms with Crippen molar-refractivity contribution in [1.82, 2.24) is 0 Å². The van der Waals surface area contributed by atoms with Crippen molar-refractivity contribution in [2.45, 2.75) is 12.8 Å². The molecule has 0 aliphatic carbocycles. The van der Waals surface area contributed by atoms with E-state index in [1.165, 1.54) is 24.3 Å². The van der Waals surface area contributed by atoms with Crippen molar-refractivity contribution in [3.63, 3.8) is 0 Å². The molecule has 0 aliphatic rings. The molecule has 0 unspecified atom stereocenters. The van der Waals surface area contributed by atoms with Gasteiger partial charge in [0.2, 0.25) is 0 Å². The fourth-order valence-corrected chi connectivity index (χ4v) is 2.33. The van der Waals surface area contributed by atoms with Crippen molar-refractivity contribution in [3.05, 3.63) is 69.4 Å². The van der Waals surface area contributed by atoms with Gasteiger partial charge in [-0.2, -0.15) is 0 Å². The topological polar surface area (TPSA) is 17.1 Å². The number of hydrogen-bond donors (Lipinski definition) is 0. The molecule has 0 spiro atoms. The van der Waals surface area contributed by atoms with Gasteiger partial charge >= 0.3 is 0 Å². The van der Waals surface area contributed by atoms with E-state index < -0.39 is 17.5 Å². The molecule has 0 saturated heterocycles. The van der Waals surface area contributed by atoms with Crippen LogP contribution in [0.1, 0.15) is 11.1 Å². The third-order valence-corrected chi connectivity index (χ3v) is 3.58. The number of carbonyl (C=O) groups is 1. The summed E-state index contributed by atoms with van der Waals surface area (Å²) < 4.78 is 40.2. The molecule has 0 amide bonds. The Morgan fingerprint density at radius 2 is 1.65 bits per heavy atom. The zero-order valence-electron chi connectivity index (χ0n) is 10.3. The highest BCUT2D eigenvalue weighted by Crippen LogP contribution is 2.20. The number of halogens is 4. The van der Waals surface area contributed by atoms with Gasteiger partial charge < -0.3 is 0 Å². The zero-order chi connectivity index (χ0) is 14.7. The van der Waals surface area contributed by atoms with Gasteiger partial charge in [-0.3, -0.25) is 4.79 Å². The van der Waals surface area contributed by atoms with Gasteiger partial charge in [0.05, 0.1) is 0 Å². The van der Waals surface area contributed by atoms with E-state index in [9.17, 15) is 18.0 Å². The third kappa shape index (κ3) is 3.48. The molecule has 20 heavy (non-hydrogen) atoms. The maximum Gasteiger partial charge on any atom is 0.141 e. The summed E-state index contributed by atoms with van der Waals surface area (Å²) in [4.78, 5) is 11.9. The lowest BCUT2D eigenvalue weighted by Crippen LogP contribution is -2.10. The van der Waals surface area contributed by atoms with Crippen LogP contribution in [0.4, 0.5) is 13.2 Å². The predicted octanol–water partition coefficient (Wildman–Crippen LogP) is 4.22. The van der Waals surface area contributed by atoms with Crippen LogP contribution in [-0.2, 0) is 17.6 Å². The van der Waals surface area contributed by atoms with E-state index in [1.807, 2.05) is 0 Å². The Morgan fingerprint density at radius 1 is 1.00 bits per heavy atom. The van der Waals surface area contributed by atoms with E-state index in [1.54, 1.807) is 0 Å². The molecule has 2 aromatic rings. The summed E-state index contributed by atoms with van der Waals surface area (Å²) in [6, 6.07) is 7.41. The maximum atomic E-state index is 13.4. The molecule has 0 bridgehead atoms. The van der Waals surface area contributed by atoms with Crippen LogP contribution < -0.4 is 0 Å². The lowest BCUT2D eigenvalue weighted by atomic mass is 10.0. The maximum absolute atomic E-state index is 13.4. The molecule has 2 aromatic carbocycles. The van der Waals surface area contributed by atoms with E-state index >= 15 is 0 Å². The van der Waals surface area contributed by atoms with E-state index in [-0.39, 0.29) is 24.2 Å². The Hall–Kier alpha value is -1.62. The fraction of sp³-hybridized carbons (Fsp3) is 0.133. The summed E-state index contributed by atoms with van der Waals surface area (Å²) >= 11 is 3.15. The van der Waals surface area contributed by atoms with Gasteiger partial charge in [-0.25, -0.2) is 13.2 Å². The Bertz CT molecular complexity index is 635. The number of Topliss-reactive ketones (excluding diaryl/α,β-unsaturated/α-hetero) is 1. The SMILES string of the molecule is O=C(Cc1ccc(F)cc1Br)Cc1c(F)cccc1F. The first-order chi connectivity index (χ1) is 9.47. The highest BCUT2D eigenvalue weighted by atomic mass is 79.9. The molecule has 5 heteroatoms. The second kappa shape index (κ2) is 6.22. The zero-order valence-corrected chi connectivity index (χ0v) is 11.9. The summed E-state index contributed by atoms with van der Waals surface area (Å²) in [7, 11) is 0. The molecule has 0 radical (unpaired) electrons. The second-order valence-electron chi connectivity index (χ2n) is 4.33. The standard InChI is InChI=1S/C15H10BrF3O/c16-13-7-10(17)5-4-9(13)6-11(20)8-12-14(18)2-1-3-15(12)19/h1-5,7H,6,8H2. The first-order valence-corrected chi connectivity index (χ1v) is 6.65. The number of rotatable bonds is 4. The van der Waals surface area contributed by atoms with Gasteiger partial charge in [-0.15, -0.1) is 0 Å². The van der Waals surface area contributed by atoms with Crippen molar-refractivity contribution < 1.29 is 18.0 Å². The number of ketones is 1. The first kappa shape index (κ1) is 14.8. The second-order valence-corrected chi connectivity index (χ2v) is 5.18. The van der Waals surface area contributed by atoms with Crippen LogP contribution in [0.2, 0.25) is 0 Å². The van der Waals surface area contributed by atoms with E-state index in [0.717, 1.165) is 12.1 Å². The number of benzene rings is 2. The molecule has 0 aromatic heterocycles. The molecule has 1 nitrogen and oxygen atoms in total. The Morgan fingerprint density at radius 3 is 2.25 bits per heavy atom. The van der Waals surface area contributed by atoms with Gasteiger partial charge in [-0.05, 0) is 29.8 Å². The Kier molecular flexibility index (Phi) is 4.60. The van der Waals surface area contributed by atoms with Gasteiger partial charge in [0.25, 0.3) is 0 Å². The average molecular weight is 343 g/mol. The van der Waals surface area contributed by atoms with Crippen LogP contribution in [-0.4, -0.2) is 5.78 Å². The minimum absolute atomic E-state index is 0.0192. The normalized spacial score (nSPS) is 10.6. The van der Waals surface area contributed by atoms with Gasteiger partial charge in [0, 0.05) is 22.9 Å². The predicted molar refractivity (Wildman–Crippen MR) is 72.9 cm³/mol. The van der Waals surface area contributed by atoms with Crippen LogP contribution in [0.3, 0.4) is 0 Å². The van der Waals surface area contributed by atoms with Crippen LogP contribution >= 0.6 is 15.9 Å². The number of carbonyl (C=O) groups excluding carboxylic acids is 1. The van der Waals surface area contributed by atoms with Crippen molar-refractivity contribution in [1.29, 1.82) is 0 Å². The van der Waals surface area contributed by atoms with E-state index in [0.29, 0.717) is 10.0 Å². The van der Waals surface area contributed by atoms with Crippen molar-refractivity contribution in [2.75, 3.05) is 0 Å². The van der Waals surface area contributed by atoms with E-state index in [4.69, 9.17) is 0 Å². The van der Waals surface area contributed by atoms with Crippen LogP contribution in [0.25, 0.3) is 0 Å². The molecule has 2 rings (SSSR count). The minimum atomic E-state index is -0.739. The van der Waals surface area contributed by atoms with Crippen LogP contribution in [0.5, 0.6) is 0 Å². The fourth-order valence-electron chi connectivity index (χ4n) is 1.84. The largest absolute Gasteiger partial charge is 0.299 e. The lowest BCUT2D eigenvalue weighted by molar-refractivity contribution is -0.117. The van der Waals surface area contributed by atoms with Gasteiger partial charge in [0.1, 0.15) is 23.2 Å². The summed E-state index contributed by atoms with van der Waals surface area (Å²) in [5.74, 6) is -2.25. The quantitative estimate of drug-likeness (QED) is 0.812. The molecule has 0 saturated carbocycles.